The second-order valence-electron chi connectivity index (χ2n) is 9.98. The minimum atomic E-state index is -1.17. The molecule has 4 aromatic carbocycles. The average molecular weight is 594 g/mol. The Labute approximate surface area is 254 Å². The smallest absolute Gasteiger partial charge is 0.299 e. The van der Waals surface area contributed by atoms with E-state index in [0.717, 1.165) is 10.5 Å². The molecule has 0 radical (unpaired) electrons. The molecular weight excluding hydrogens is 562 g/mol. The summed E-state index contributed by atoms with van der Waals surface area (Å²) in [5.74, 6) is -1.17. The van der Waals surface area contributed by atoms with Crippen LogP contribution in [0.25, 0.3) is 0 Å². The van der Waals surface area contributed by atoms with Gasteiger partial charge in [-0.15, -0.1) is 0 Å². The van der Waals surface area contributed by atoms with Crippen LogP contribution in [-0.2, 0) is 20.9 Å². The molecule has 0 saturated carbocycles. The van der Waals surface area contributed by atoms with Gasteiger partial charge in [0.05, 0.1) is 38.3 Å². The molecule has 10 heteroatoms. The van der Waals surface area contributed by atoms with Crippen LogP contribution < -0.4 is 24.4 Å². The van der Waals surface area contributed by atoms with Gasteiger partial charge in [-0.2, -0.15) is 0 Å². The molecule has 0 fully saturated rings. The highest BCUT2D eigenvalue weighted by Gasteiger charge is 2.39. The monoisotopic (exact) mass is 593 g/mol. The number of Topliss-reactive ketones (excluding diaryl/α,β-unsaturated/α-hetero) is 1. The molecule has 1 aliphatic heterocycles. The summed E-state index contributed by atoms with van der Waals surface area (Å²) in [7, 11) is 4.51. The summed E-state index contributed by atoms with van der Waals surface area (Å²) in [4.78, 5) is 56.7. The number of rotatable bonds is 11. The number of methoxy groups -OCH3 is 3. The molecule has 0 spiro atoms. The predicted molar refractivity (Wildman–Crippen MR) is 164 cm³/mol. The van der Waals surface area contributed by atoms with Crippen LogP contribution in [0.2, 0.25) is 0 Å². The first kappa shape index (κ1) is 29.8. The van der Waals surface area contributed by atoms with E-state index in [1.165, 1.54) is 26.2 Å². The van der Waals surface area contributed by atoms with Crippen molar-refractivity contribution >= 4 is 34.9 Å². The highest BCUT2D eigenvalue weighted by atomic mass is 16.5. The molecule has 1 atom stereocenters. The zero-order chi connectivity index (χ0) is 31.2. The summed E-state index contributed by atoms with van der Waals surface area (Å²) < 4.78 is 16.2. The number of carbonyl (C=O) groups is 4. The van der Waals surface area contributed by atoms with E-state index in [1.807, 2.05) is 30.3 Å². The quantitative estimate of drug-likeness (QED) is 0.252. The third kappa shape index (κ3) is 6.10. The van der Waals surface area contributed by atoms with E-state index < -0.39 is 36.1 Å². The zero-order valence-electron chi connectivity index (χ0n) is 24.5. The van der Waals surface area contributed by atoms with Crippen molar-refractivity contribution in [2.24, 2.45) is 0 Å². The van der Waals surface area contributed by atoms with E-state index in [-0.39, 0.29) is 12.1 Å². The molecule has 10 nitrogen and oxygen atoms in total. The van der Waals surface area contributed by atoms with Crippen LogP contribution in [0.4, 0.5) is 11.4 Å². The fraction of sp³-hybridized carbons (Fsp3) is 0.176. The Balaban J connectivity index is 1.57. The first-order chi connectivity index (χ1) is 21.3. The van der Waals surface area contributed by atoms with E-state index in [0.29, 0.717) is 34.2 Å². The summed E-state index contributed by atoms with van der Waals surface area (Å²) in [6.45, 7) is -0.416. The molecule has 0 saturated heterocycles. The number of para-hydroxylation sites is 1. The lowest BCUT2D eigenvalue weighted by Gasteiger charge is -2.33. The number of hydrogen-bond acceptors (Lipinski definition) is 7. The highest BCUT2D eigenvalue weighted by molar-refractivity contribution is 6.52. The van der Waals surface area contributed by atoms with E-state index in [4.69, 9.17) is 14.2 Å². The van der Waals surface area contributed by atoms with Crippen molar-refractivity contribution in [3.05, 3.63) is 114 Å². The number of anilines is 2. The van der Waals surface area contributed by atoms with Crippen molar-refractivity contribution in [2.75, 3.05) is 38.1 Å². The van der Waals surface area contributed by atoms with E-state index in [1.54, 1.807) is 66.7 Å². The average Bonchev–Trinajstić information content (AvgIpc) is 3.29. The SMILES string of the molecule is COc1cccc(C(C(=O)Nc2ccc(OC)cc2OC)N(Cc2ccccc2)C(=O)CN2C(=O)C(=O)c3ccccc32)c1. The predicted octanol–water partition coefficient (Wildman–Crippen LogP) is 4.65. The molecule has 5 rings (SSSR count). The number of amides is 3. The van der Waals surface area contributed by atoms with E-state index in [2.05, 4.69) is 5.32 Å². The molecule has 44 heavy (non-hydrogen) atoms. The van der Waals surface area contributed by atoms with Gasteiger partial charge in [0.1, 0.15) is 29.8 Å². The van der Waals surface area contributed by atoms with Crippen molar-refractivity contribution in [3.8, 4) is 17.2 Å². The van der Waals surface area contributed by atoms with Crippen LogP contribution in [0.15, 0.2) is 97.1 Å². The maximum atomic E-state index is 14.3. The number of ketones is 1. The van der Waals surface area contributed by atoms with Gasteiger partial charge in [0, 0.05) is 12.6 Å². The van der Waals surface area contributed by atoms with Crippen LogP contribution in [-0.4, -0.2) is 56.3 Å². The van der Waals surface area contributed by atoms with Crippen LogP contribution in [0.3, 0.4) is 0 Å². The maximum Gasteiger partial charge on any atom is 0.299 e. The number of hydrogen-bond donors (Lipinski definition) is 1. The normalized spacial score (nSPS) is 12.8. The summed E-state index contributed by atoms with van der Waals surface area (Å²) in [6, 6.07) is 26.4. The molecule has 1 unspecified atom stereocenters. The highest BCUT2D eigenvalue weighted by Crippen LogP contribution is 2.34. The number of nitrogens with one attached hydrogen (secondary N) is 1. The lowest BCUT2D eigenvalue weighted by atomic mass is 10.0. The lowest BCUT2D eigenvalue weighted by Crippen LogP contribution is -2.46. The van der Waals surface area contributed by atoms with E-state index >= 15 is 0 Å². The number of fused-ring (bicyclic) bond motifs is 1. The molecule has 0 aliphatic carbocycles. The first-order valence-corrected chi connectivity index (χ1v) is 13.8. The van der Waals surface area contributed by atoms with Crippen molar-refractivity contribution in [1.29, 1.82) is 0 Å². The molecule has 3 amide bonds. The largest absolute Gasteiger partial charge is 0.497 e. The van der Waals surface area contributed by atoms with Crippen molar-refractivity contribution < 1.29 is 33.4 Å². The Hall–Kier alpha value is -5.64. The van der Waals surface area contributed by atoms with Gasteiger partial charge < -0.3 is 24.4 Å². The van der Waals surface area contributed by atoms with Gasteiger partial charge in [0.25, 0.3) is 17.6 Å². The summed E-state index contributed by atoms with van der Waals surface area (Å²) in [6.07, 6.45) is 0. The Kier molecular flexibility index (Phi) is 8.90. The fourth-order valence-corrected chi connectivity index (χ4v) is 5.12. The Morgan fingerprint density at radius 3 is 2.23 bits per heavy atom. The Morgan fingerprint density at radius 1 is 0.795 bits per heavy atom. The Bertz CT molecular complexity index is 1710. The molecule has 1 N–H and O–H groups in total. The summed E-state index contributed by atoms with van der Waals surface area (Å²) >= 11 is 0. The minimum Gasteiger partial charge on any atom is -0.497 e. The van der Waals surface area contributed by atoms with Gasteiger partial charge in [-0.3, -0.25) is 24.1 Å². The lowest BCUT2D eigenvalue weighted by molar-refractivity contribution is -0.139. The Morgan fingerprint density at radius 2 is 1.50 bits per heavy atom. The zero-order valence-corrected chi connectivity index (χ0v) is 24.5. The molecule has 224 valence electrons. The second kappa shape index (κ2) is 13.1. The summed E-state index contributed by atoms with van der Waals surface area (Å²) in [5.41, 5.74) is 2.18. The number of nitrogens with zero attached hydrogens (tertiary/aromatic N) is 2. The van der Waals surface area contributed by atoms with Gasteiger partial charge in [-0.05, 0) is 47.5 Å². The number of carbonyl (C=O) groups excluding carboxylic acids is 4. The minimum absolute atomic E-state index is 0.0341. The third-order valence-corrected chi connectivity index (χ3v) is 7.32. The second-order valence-corrected chi connectivity index (χ2v) is 9.98. The third-order valence-electron chi connectivity index (χ3n) is 7.32. The fourth-order valence-electron chi connectivity index (χ4n) is 5.12. The molecule has 0 bridgehead atoms. The van der Waals surface area contributed by atoms with Gasteiger partial charge in [-0.1, -0.05) is 54.6 Å². The van der Waals surface area contributed by atoms with Crippen LogP contribution in [0.5, 0.6) is 17.2 Å². The van der Waals surface area contributed by atoms with Crippen molar-refractivity contribution in [3.63, 3.8) is 0 Å². The van der Waals surface area contributed by atoms with Gasteiger partial charge >= 0.3 is 0 Å². The molecule has 4 aromatic rings. The number of benzene rings is 4. The van der Waals surface area contributed by atoms with Gasteiger partial charge in [0.15, 0.2) is 0 Å². The van der Waals surface area contributed by atoms with Gasteiger partial charge in [-0.25, -0.2) is 0 Å². The van der Waals surface area contributed by atoms with Crippen LogP contribution >= 0.6 is 0 Å². The molecular formula is C34H31N3O7. The van der Waals surface area contributed by atoms with Gasteiger partial charge in [0.2, 0.25) is 5.91 Å². The molecule has 1 aliphatic rings. The van der Waals surface area contributed by atoms with Crippen LogP contribution in [0.1, 0.15) is 27.5 Å². The van der Waals surface area contributed by atoms with Crippen molar-refractivity contribution in [2.45, 2.75) is 12.6 Å². The van der Waals surface area contributed by atoms with Crippen molar-refractivity contribution in [1.82, 2.24) is 4.90 Å². The molecule has 0 aromatic heterocycles. The standard InChI is InChI=1S/C34H31N3O7/c1-42-24-13-9-12-23(18-24)31(33(40)35-27-17-16-25(43-2)19-29(27)44-3)37(20-22-10-5-4-6-11-22)30(38)21-36-28-15-8-7-14-26(28)32(39)34(36)41/h4-19,31H,20-21H2,1-3H3,(H,35,40). The number of ether oxygens (including phenoxy) is 3. The maximum absolute atomic E-state index is 14.3. The van der Waals surface area contributed by atoms with E-state index in [9.17, 15) is 19.2 Å². The van der Waals surface area contributed by atoms with Crippen LogP contribution in [0, 0.1) is 0 Å². The first-order valence-electron chi connectivity index (χ1n) is 13.8. The topological polar surface area (TPSA) is 114 Å². The summed E-state index contributed by atoms with van der Waals surface area (Å²) in [5, 5.41) is 2.91. The molecule has 1 heterocycles.